The maximum Gasteiger partial charge on any atom is 0.243 e. The Kier molecular flexibility index (Phi) is 3.81. The molecule has 1 aromatic carbocycles. The molecule has 0 bridgehead atoms. The minimum atomic E-state index is -0.175. The third-order valence-corrected chi connectivity index (χ3v) is 2.43. The van der Waals surface area contributed by atoms with E-state index >= 15 is 0 Å². The minimum Gasteiger partial charge on any atom is -0.348 e. The van der Waals surface area contributed by atoms with Crippen molar-refractivity contribution in [2.24, 2.45) is 0 Å². The van der Waals surface area contributed by atoms with E-state index in [9.17, 15) is 4.79 Å². The zero-order valence-electron chi connectivity index (χ0n) is 9.84. The maximum atomic E-state index is 11.0. The molecule has 0 unspecified atom stereocenters. The summed E-state index contributed by atoms with van der Waals surface area (Å²) >= 11 is 0. The number of benzene rings is 1. The summed E-state index contributed by atoms with van der Waals surface area (Å²) in [5, 5.41) is 2.72. The molecule has 0 fully saturated rings. The third-order valence-electron chi connectivity index (χ3n) is 2.43. The van der Waals surface area contributed by atoms with Gasteiger partial charge < -0.3 is 5.32 Å². The highest BCUT2D eigenvalue weighted by Crippen LogP contribution is 2.14. The highest BCUT2D eigenvalue weighted by molar-refractivity contribution is 5.86. The van der Waals surface area contributed by atoms with Crippen molar-refractivity contribution in [3.63, 3.8) is 0 Å². The minimum absolute atomic E-state index is 0.175. The van der Waals surface area contributed by atoms with Crippen LogP contribution in [0, 0.1) is 0 Å². The van der Waals surface area contributed by atoms with Crippen LogP contribution in [0.15, 0.2) is 55.4 Å². The van der Waals surface area contributed by atoms with E-state index in [0.717, 1.165) is 11.1 Å². The summed E-state index contributed by atoms with van der Waals surface area (Å²) < 4.78 is 0. The Labute approximate surface area is 105 Å². The summed E-state index contributed by atoms with van der Waals surface area (Å²) in [5.74, 6) is 0.518. The summed E-state index contributed by atoms with van der Waals surface area (Å²) in [6.07, 6.45) is 4.67. The molecule has 4 nitrogen and oxygen atoms in total. The number of nitrogens with one attached hydrogen (secondary N) is 1. The van der Waals surface area contributed by atoms with Crippen LogP contribution >= 0.6 is 0 Å². The summed E-state index contributed by atoms with van der Waals surface area (Å²) in [6.45, 7) is 3.88. The van der Waals surface area contributed by atoms with E-state index in [0.29, 0.717) is 12.4 Å². The summed E-state index contributed by atoms with van der Waals surface area (Å²) in [6, 6.07) is 9.53. The van der Waals surface area contributed by atoms with E-state index in [2.05, 4.69) is 21.9 Å². The largest absolute Gasteiger partial charge is 0.348 e. The Balaban J connectivity index is 2.06. The van der Waals surface area contributed by atoms with Gasteiger partial charge in [0.15, 0.2) is 5.82 Å². The van der Waals surface area contributed by atoms with Crippen molar-refractivity contribution in [2.75, 3.05) is 0 Å². The van der Waals surface area contributed by atoms with Crippen molar-refractivity contribution < 1.29 is 4.79 Å². The second-order valence-electron chi connectivity index (χ2n) is 3.69. The van der Waals surface area contributed by atoms with E-state index < -0.39 is 0 Å². The third kappa shape index (κ3) is 3.01. The predicted octanol–water partition coefficient (Wildman–Crippen LogP) is 1.95. The van der Waals surface area contributed by atoms with Crippen molar-refractivity contribution in [2.45, 2.75) is 6.54 Å². The molecule has 1 N–H and O–H groups in total. The monoisotopic (exact) mass is 239 g/mol. The Hall–Kier alpha value is -2.49. The van der Waals surface area contributed by atoms with Gasteiger partial charge in [0, 0.05) is 24.5 Å². The maximum absolute atomic E-state index is 11.0. The van der Waals surface area contributed by atoms with E-state index in [1.165, 1.54) is 6.08 Å². The summed E-state index contributed by atoms with van der Waals surface area (Å²) in [7, 11) is 0. The highest BCUT2D eigenvalue weighted by atomic mass is 16.1. The first-order valence-electron chi connectivity index (χ1n) is 5.56. The van der Waals surface area contributed by atoms with Crippen LogP contribution in [0.5, 0.6) is 0 Å². The molecule has 0 aliphatic carbocycles. The van der Waals surface area contributed by atoms with Gasteiger partial charge in [-0.1, -0.05) is 30.8 Å². The molecule has 2 aromatic rings. The quantitative estimate of drug-likeness (QED) is 0.830. The highest BCUT2D eigenvalue weighted by Gasteiger charge is 2.00. The van der Waals surface area contributed by atoms with Gasteiger partial charge in [-0.05, 0) is 17.7 Å². The number of nitrogens with zero attached hydrogens (tertiary/aromatic N) is 2. The van der Waals surface area contributed by atoms with Crippen molar-refractivity contribution in [1.29, 1.82) is 0 Å². The van der Waals surface area contributed by atoms with Gasteiger partial charge in [0.1, 0.15) is 0 Å². The molecule has 1 amide bonds. The van der Waals surface area contributed by atoms with Crippen LogP contribution in [0.3, 0.4) is 0 Å². The predicted molar refractivity (Wildman–Crippen MR) is 69.5 cm³/mol. The van der Waals surface area contributed by atoms with Crippen LogP contribution in [0.2, 0.25) is 0 Å². The molecule has 0 aliphatic rings. The van der Waals surface area contributed by atoms with Crippen LogP contribution in [0.4, 0.5) is 0 Å². The molecule has 0 spiro atoms. The summed E-state index contributed by atoms with van der Waals surface area (Å²) in [4.78, 5) is 19.4. The first-order valence-corrected chi connectivity index (χ1v) is 5.56. The van der Waals surface area contributed by atoms with Crippen LogP contribution < -0.4 is 5.32 Å². The molecule has 0 aliphatic heterocycles. The molecular formula is C14H13N3O. The lowest BCUT2D eigenvalue weighted by atomic mass is 10.1. The van der Waals surface area contributed by atoms with E-state index in [-0.39, 0.29) is 5.91 Å². The van der Waals surface area contributed by atoms with Gasteiger partial charge in [-0.3, -0.25) is 4.79 Å². The van der Waals surface area contributed by atoms with Gasteiger partial charge in [0.05, 0.1) is 0 Å². The zero-order chi connectivity index (χ0) is 12.8. The number of hydrogen-bond acceptors (Lipinski definition) is 3. The first-order chi connectivity index (χ1) is 8.79. The topological polar surface area (TPSA) is 54.9 Å². The van der Waals surface area contributed by atoms with Gasteiger partial charge in [0.25, 0.3) is 0 Å². The molecule has 1 heterocycles. The number of amides is 1. The number of carbonyl (C=O) groups excluding carboxylic acids is 1. The standard InChI is InChI=1S/C14H13N3O/c1-2-13(18)17-10-11-4-6-12(7-5-11)14-15-8-3-9-16-14/h2-9H,1,10H2,(H,17,18). The fraction of sp³-hybridized carbons (Fsp3) is 0.0714. The van der Waals surface area contributed by atoms with E-state index in [1.807, 2.05) is 24.3 Å². The molecule has 0 saturated heterocycles. The van der Waals surface area contributed by atoms with Crippen LogP contribution in [-0.2, 0) is 11.3 Å². The smallest absolute Gasteiger partial charge is 0.243 e. The van der Waals surface area contributed by atoms with Crippen molar-refractivity contribution in [3.05, 3.63) is 60.9 Å². The Morgan fingerprint density at radius 1 is 1.22 bits per heavy atom. The number of aromatic nitrogens is 2. The van der Waals surface area contributed by atoms with Crippen LogP contribution in [0.25, 0.3) is 11.4 Å². The second-order valence-corrected chi connectivity index (χ2v) is 3.69. The van der Waals surface area contributed by atoms with Crippen LogP contribution in [0.1, 0.15) is 5.56 Å². The molecule has 0 atom stereocenters. The molecule has 2 rings (SSSR count). The Morgan fingerprint density at radius 3 is 2.50 bits per heavy atom. The molecule has 18 heavy (non-hydrogen) atoms. The lowest BCUT2D eigenvalue weighted by molar-refractivity contribution is -0.116. The van der Waals surface area contributed by atoms with Gasteiger partial charge in [-0.25, -0.2) is 9.97 Å². The summed E-state index contributed by atoms with van der Waals surface area (Å²) in [5.41, 5.74) is 1.97. The van der Waals surface area contributed by atoms with Gasteiger partial charge in [-0.15, -0.1) is 0 Å². The first kappa shape index (κ1) is 12.0. The second kappa shape index (κ2) is 5.72. The normalized spacial score (nSPS) is 9.78. The van der Waals surface area contributed by atoms with Gasteiger partial charge in [0.2, 0.25) is 5.91 Å². The lowest BCUT2D eigenvalue weighted by Crippen LogP contribution is -2.19. The molecular weight excluding hydrogens is 226 g/mol. The van der Waals surface area contributed by atoms with Crippen molar-refractivity contribution >= 4 is 5.91 Å². The molecule has 4 heteroatoms. The molecule has 0 radical (unpaired) electrons. The van der Waals surface area contributed by atoms with Gasteiger partial charge >= 0.3 is 0 Å². The zero-order valence-corrected chi connectivity index (χ0v) is 9.84. The van der Waals surface area contributed by atoms with E-state index in [4.69, 9.17) is 0 Å². The number of carbonyl (C=O) groups is 1. The molecule has 0 saturated carbocycles. The van der Waals surface area contributed by atoms with Crippen molar-refractivity contribution in [1.82, 2.24) is 15.3 Å². The average Bonchev–Trinajstić information content (AvgIpc) is 2.46. The molecule has 90 valence electrons. The van der Waals surface area contributed by atoms with Crippen molar-refractivity contribution in [3.8, 4) is 11.4 Å². The number of rotatable bonds is 4. The average molecular weight is 239 g/mol. The van der Waals surface area contributed by atoms with Gasteiger partial charge in [-0.2, -0.15) is 0 Å². The van der Waals surface area contributed by atoms with Crippen LogP contribution in [-0.4, -0.2) is 15.9 Å². The number of hydrogen-bond donors (Lipinski definition) is 1. The Morgan fingerprint density at radius 2 is 1.89 bits per heavy atom. The SMILES string of the molecule is C=CC(=O)NCc1ccc(-c2ncccn2)cc1. The van der Waals surface area contributed by atoms with E-state index in [1.54, 1.807) is 18.5 Å². The molecule has 1 aromatic heterocycles. The lowest BCUT2D eigenvalue weighted by Gasteiger charge is -2.04. The fourth-order valence-electron chi connectivity index (χ4n) is 1.48. The fourth-order valence-corrected chi connectivity index (χ4v) is 1.48. The Bertz CT molecular complexity index is 535.